The van der Waals surface area contributed by atoms with Crippen molar-refractivity contribution in [2.45, 2.75) is 38.5 Å². The zero-order valence-electron chi connectivity index (χ0n) is 17.6. The van der Waals surface area contributed by atoms with Crippen LogP contribution >= 0.6 is 0 Å². The van der Waals surface area contributed by atoms with Gasteiger partial charge in [-0.25, -0.2) is 13.2 Å². The molecule has 0 atom stereocenters. The van der Waals surface area contributed by atoms with E-state index >= 15 is 0 Å². The van der Waals surface area contributed by atoms with Crippen LogP contribution in [0.15, 0.2) is 47.4 Å². The Morgan fingerprint density at radius 3 is 2.30 bits per heavy atom. The van der Waals surface area contributed by atoms with E-state index in [1.807, 2.05) is 26.0 Å². The summed E-state index contributed by atoms with van der Waals surface area (Å²) >= 11 is 0. The van der Waals surface area contributed by atoms with Crippen LogP contribution in [-0.4, -0.2) is 44.2 Å². The molecule has 2 aromatic rings. The summed E-state index contributed by atoms with van der Waals surface area (Å²) in [6.07, 6.45) is 1.69. The van der Waals surface area contributed by atoms with Gasteiger partial charge in [0.15, 0.2) is 6.61 Å². The Balaban J connectivity index is 1.63. The summed E-state index contributed by atoms with van der Waals surface area (Å²) in [6.45, 7) is 6.49. The molecule has 0 N–H and O–H groups in total. The molecule has 1 aliphatic rings. The molecule has 7 heteroatoms. The Morgan fingerprint density at radius 1 is 1.03 bits per heavy atom. The lowest BCUT2D eigenvalue weighted by molar-refractivity contribution is 0.0474. The molecule has 0 aliphatic carbocycles. The van der Waals surface area contributed by atoms with Crippen LogP contribution in [0.3, 0.4) is 0 Å². The van der Waals surface area contributed by atoms with Crippen molar-refractivity contribution in [3.8, 4) is 0 Å². The number of carbonyl (C=O) groups excluding carboxylic acids is 2. The molecule has 1 heterocycles. The van der Waals surface area contributed by atoms with Gasteiger partial charge in [0.2, 0.25) is 15.8 Å². The van der Waals surface area contributed by atoms with Gasteiger partial charge in [0.05, 0.1) is 10.5 Å². The minimum Gasteiger partial charge on any atom is -0.454 e. The Hall–Kier alpha value is -2.51. The molecule has 0 bridgehead atoms. The molecule has 3 rings (SSSR count). The number of esters is 1. The van der Waals surface area contributed by atoms with Gasteiger partial charge in [0.25, 0.3) is 0 Å². The number of hydrogen-bond acceptors (Lipinski definition) is 5. The SMILES string of the molecule is Cc1ccc(C)c(C(=O)COC(=O)c2ccc(S(=O)(=O)N3CCC(C)CC3)cc2)c1. The molecular weight excluding hydrogens is 402 g/mol. The molecule has 6 nitrogen and oxygen atoms in total. The van der Waals surface area contributed by atoms with E-state index in [0.717, 1.165) is 24.0 Å². The van der Waals surface area contributed by atoms with Crippen LogP contribution in [0.4, 0.5) is 0 Å². The van der Waals surface area contributed by atoms with Gasteiger partial charge in [-0.15, -0.1) is 0 Å². The lowest BCUT2D eigenvalue weighted by atomic mass is 10.0. The predicted octanol–water partition coefficient (Wildman–Crippen LogP) is 3.76. The first-order chi connectivity index (χ1) is 14.2. The topological polar surface area (TPSA) is 80.8 Å². The quantitative estimate of drug-likeness (QED) is 0.516. The minimum atomic E-state index is -3.57. The molecule has 160 valence electrons. The van der Waals surface area contributed by atoms with Gasteiger partial charge in [-0.2, -0.15) is 4.31 Å². The van der Waals surface area contributed by atoms with Gasteiger partial charge in [0.1, 0.15) is 0 Å². The third-order valence-electron chi connectivity index (χ3n) is 5.50. The van der Waals surface area contributed by atoms with Crippen LogP contribution in [0.2, 0.25) is 0 Å². The van der Waals surface area contributed by atoms with Crippen LogP contribution in [0.25, 0.3) is 0 Å². The zero-order chi connectivity index (χ0) is 21.9. The predicted molar refractivity (Wildman–Crippen MR) is 114 cm³/mol. The molecular formula is C23H27NO5S. The number of piperidine rings is 1. The summed E-state index contributed by atoms with van der Waals surface area (Å²) in [5.74, 6) is -0.410. The van der Waals surface area contributed by atoms with Crippen molar-refractivity contribution in [2.75, 3.05) is 19.7 Å². The van der Waals surface area contributed by atoms with E-state index in [0.29, 0.717) is 24.6 Å². The second-order valence-electron chi connectivity index (χ2n) is 7.93. The molecule has 1 fully saturated rings. The highest BCUT2D eigenvalue weighted by atomic mass is 32.2. The van der Waals surface area contributed by atoms with Crippen molar-refractivity contribution in [3.63, 3.8) is 0 Å². The maximum atomic E-state index is 12.8. The fraction of sp³-hybridized carbons (Fsp3) is 0.391. The van der Waals surface area contributed by atoms with E-state index in [1.54, 1.807) is 6.07 Å². The molecule has 0 saturated carbocycles. The first kappa shape index (κ1) is 22.2. The summed E-state index contributed by atoms with van der Waals surface area (Å²) in [6, 6.07) is 11.2. The molecule has 1 saturated heterocycles. The number of nitrogens with zero attached hydrogens (tertiary/aromatic N) is 1. The second-order valence-corrected chi connectivity index (χ2v) is 9.87. The summed E-state index contributed by atoms with van der Waals surface area (Å²) in [4.78, 5) is 24.8. The molecule has 0 unspecified atom stereocenters. The van der Waals surface area contributed by atoms with Crippen molar-refractivity contribution in [1.82, 2.24) is 4.31 Å². The van der Waals surface area contributed by atoms with Crippen molar-refractivity contribution >= 4 is 21.8 Å². The number of ether oxygens (including phenoxy) is 1. The van der Waals surface area contributed by atoms with Gasteiger partial charge < -0.3 is 4.74 Å². The normalized spacial score (nSPS) is 15.7. The third-order valence-corrected chi connectivity index (χ3v) is 7.41. The lowest BCUT2D eigenvalue weighted by Gasteiger charge is -2.29. The third kappa shape index (κ3) is 4.96. The molecule has 0 radical (unpaired) electrons. The minimum absolute atomic E-state index is 0.153. The largest absolute Gasteiger partial charge is 0.454 e. The fourth-order valence-corrected chi connectivity index (χ4v) is 4.94. The Labute approximate surface area is 177 Å². The van der Waals surface area contributed by atoms with Gasteiger partial charge in [0, 0.05) is 18.7 Å². The van der Waals surface area contributed by atoms with E-state index in [9.17, 15) is 18.0 Å². The average Bonchev–Trinajstić information content (AvgIpc) is 2.74. The molecule has 0 aromatic heterocycles. The Bertz CT molecular complexity index is 1040. The smallest absolute Gasteiger partial charge is 0.338 e. The monoisotopic (exact) mass is 429 g/mol. The number of sulfonamides is 1. The number of aryl methyl sites for hydroxylation is 2. The van der Waals surface area contributed by atoms with Gasteiger partial charge in [-0.1, -0.05) is 24.6 Å². The number of carbonyl (C=O) groups is 2. The van der Waals surface area contributed by atoms with Crippen LogP contribution in [0, 0.1) is 19.8 Å². The Morgan fingerprint density at radius 2 is 1.67 bits per heavy atom. The van der Waals surface area contributed by atoms with E-state index in [4.69, 9.17) is 4.74 Å². The number of hydrogen-bond donors (Lipinski definition) is 0. The van der Waals surface area contributed by atoms with Crippen molar-refractivity contribution in [1.29, 1.82) is 0 Å². The van der Waals surface area contributed by atoms with Crippen molar-refractivity contribution in [2.24, 2.45) is 5.92 Å². The molecule has 1 aliphatic heterocycles. The van der Waals surface area contributed by atoms with Crippen LogP contribution in [0.1, 0.15) is 51.6 Å². The number of benzene rings is 2. The van der Waals surface area contributed by atoms with E-state index in [-0.39, 0.29) is 22.8 Å². The van der Waals surface area contributed by atoms with E-state index in [1.165, 1.54) is 28.6 Å². The molecule has 0 spiro atoms. The van der Waals surface area contributed by atoms with Crippen LogP contribution in [0.5, 0.6) is 0 Å². The number of rotatable bonds is 6. The van der Waals surface area contributed by atoms with Gasteiger partial charge in [-0.05, 0) is 68.5 Å². The molecule has 0 amide bonds. The maximum absolute atomic E-state index is 12.8. The van der Waals surface area contributed by atoms with E-state index in [2.05, 4.69) is 6.92 Å². The first-order valence-electron chi connectivity index (χ1n) is 10.1. The standard InChI is InChI=1S/C23H27NO5S/c1-16-10-12-24(13-11-16)30(27,28)20-8-6-19(7-9-20)23(26)29-15-22(25)21-14-17(2)4-5-18(21)3/h4-9,14,16H,10-13,15H2,1-3H3. The molecule has 30 heavy (non-hydrogen) atoms. The van der Waals surface area contributed by atoms with Gasteiger partial charge >= 0.3 is 5.97 Å². The fourth-order valence-electron chi connectivity index (χ4n) is 3.47. The van der Waals surface area contributed by atoms with Crippen LogP contribution < -0.4 is 0 Å². The second kappa shape index (κ2) is 9.10. The summed E-state index contributed by atoms with van der Waals surface area (Å²) in [5, 5.41) is 0. The zero-order valence-corrected chi connectivity index (χ0v) is 18.4. The number of Topliss-reactive ketones (excluding diaryl/α,β-unsaturated/α-hetero) is 1. The maximum Gasteiger partial charge on any atom is 0.338 e. The highest BCUT2D eigenvalue weighted by Crippen LogP contribution is 2.23. The van der Waals surface area contributed by atoms with Crippen LogP contribution in [-0.2, 0) is 14.8 Å². The number of ketones is 1. The van der Waals surface area contributed by atoms with E-state index < -0.39 is 16.0 Å². The summed E-state index contributed by atoms with van der Waals surface area (Å²) < 4.78 is 32.2. The lowest BCUT2D eigenvalue weighted by Crippen LogP contribution is -2.37. The van der Waals surface area contributed by atoms with Gasteiger partial charge in [-0.3, -0.25) is 4.79 Å². The summed E-state index contributed by atoms with van der Waals surface area (Å²) in [5.41, 5.74) is 2.51. The van der Waals surface area contributed by atoms with Crippen molar-refractivity contribution in [3.05, 3.63) is 64.7 Å². The Kier molecular flexibility index (Phi) is 6.73. The highest BCUT2D eigenvalue weighted by molar-refractivity contribution is 7.89. The van der Waals surface area contributed by atoms with Crippen molar-refractivity contribution < 1.29 is 22.7 Å². The molecule has 2 aromatic carbocycles. The summed E-state index contributed by atoms with van der Waals surface area (Å²) in [7, 11) is -3.57. The highest BCUT2D eigenvalue weighted by Gasteiger charge is 2.28. The average molecular weight is 430 g/mol. The first-order valence-corrected chi connectivity index (χ1v) is 11.5.